The van der Waals surface area contributed by atoms with Crippen molar-refractivity contribution in [2.45, 2.75) is 77.8 Å². The van der Waals surface area contributed by atoms with Crippen molar-refractivity contribution in [3.8, 4) is 0 Å². The molecular weight excluding hydrogens is 386 g/mol. The first-order chi connectivity index (χ1) is 14.1. The van der Waals surface area contributed by atoms with E-state index >= 15 is 0 Å². The molecule has 4 rings (SSSR count). The molecule has 0 spiro atoms. The second kappa shape index (κ2) is 8.65. The van der Waals surface area contributed by atoms with Gasteiger partial charge in [-0.3, -0.25) is 18.6 Å². The minimum absolute atomic E-state index is 0.00396. The molecule has 7 nitrogen and oxygen atoms in total. The molecule has 0 saturated heterocycles. The maximum Gasteiger partial charge on any atom is 0.272 e. The lowest BCUT2D eigenvalue weighted by Gasteiger charge is -2.29. The molecule has 0 aliphatic heterocycles. The van der Waals surface area contributed by atoms with Gasteiger partial charge in [0.1, 0.15) is 10.5 Å². The molecule has 29 heavy (non-hydrogen) atoms. The van der Waals surface area contributed by atoms with Crippen molar-refractivity contribution in [1.29, 1.82) is 0 Å². The molecule has 0 unspecified atom stereocenters. The summed E-state index contributed by atoms with van der Waals surface area (Å²) in [5, 5.41) is 13.8. The molecule has 1 aliphatic rings. The van der Waals surface area contributed by atoms with E-state index in [9.17, 15) is 9.59 Å². The van der Waals surface area contributed by atoms with E-state index in [2.05, 4.69) is 22.4 Å². The summed E-state index contributed by atoms with van der Waals surface area (Å²) in [7, 11) is 0. The van der Waals surface area contributed by atoms with E-state index in [1.54, 1.807) is 4.57 Å². The maximum absolute atomic E-state index is 12.8. The molecule has 0 aromatic carbocycles. The predicted molar refractivity (Wildman–Crippen MR) is 115 cm³/mol. The fourth-order valence-electron chi connectivity index (χ4n) is 4.38. The lowest BCUT2D eigenvalue weighted by molar-refractivity contribution is -0.122. The van der Waals surface area contributed by atoms with Crippen LogP contribution in [0.15, 0.2) is 16.2 Å². The summed E-state index contributed by atoms with van der Waals surface area (Å²) in [5.74, 6) is 2.10. The highest BCUT2D eigenvalue weighted by molar-refractivity contribution is 7.17. The highest BCUT2D eigenvalue weighted by atomic mass is 32.1. The van der Waals surface area contributed by atoms with Gasteiger partial charge in [-0.2, -0.15) is 0 Å². The first-order valence-corrected chi connectivity index (χ1v) is 11.6. The fraction of sp³-hybridized carbons (Fsp3) is 0.619. The van der Waals surface area contributed by atoms with Gasteiger partial charge in [0.2, 0.25) is 11.7 Å². The summed E-state index contributed by atoms with van der Waals surface area (Å²) in [6.07, 6.45) is 7.48. The Morgan fingerprint density at radius 1 is 1.31 bits per heavy atom. The number of nitrogens with zero attached hydrogens (tertiary/aromatic N) is 4. The smallest absolute Gasteiger partial charge is 0.272 e. The van der Waals surface area contributed by atoms with Crippen molar-refractivity contribution in [2.75, 3.05) is 0 Å². The van der Waals surface area contributed by atoms with Gasteiger partial charge < -0.3 is 5.32 Å². The minimum atomic E-state index is 0.00396. The van der Waals surface area contributed by atoms with E-state index in [-0.39, 0.29) is 11.5 Å². The number of nitrogens with one attached hydrogen (secondary N) is 1. The number of carbonyl (C=O) groups excluding carboxylic acids is 1. The summed E-state index contributed by atoms with van der Waals surface area (Å²) in [5.41, 5.74) is 0.868. The quantitative estimate of drug-likeness (QED) is 0.640. The van der Waals surface area contributed by atoms with Gasteiger partial charge in [0.25, 0.3) is 5.56 Å². The van der Waals surface area contributed by atoms with Crippen LogP contribution < -0.4 is 10.9 Å². The van der Waals surface area contributed by atoms with Crippen LogP contribution in [0.3, 0.4) is 0 Å². The summed E-state index contributed by atoms with van der Waals surface area (Å²) < 4.78 is 4.44. The molecule has 3 aromatic heterocycles. The second-order valence-electron chi connectivity index (χ2n) is 8.13. The number of aryl methyl sites for hydroxylation is 2. The van der Waals surface area contributed by atoms with Crippen molar-refractivity contribution in [3.05, 3.63) is 27.6 Å². The fourth-order valence-corrected chi connectivity index (χ4v) is 5.21. The molecule has 156 valence electrons. The lowest BCUT2D eigenvalue weighted by Crippen LogP contribution is -2.40. The second-order valence-corrected chi connectivity index (χ2v) is 9.05. The highest BCUT2D eigenvalue weighted by Crippen LogP contribution is 2.24. The van der Waals surface area contributed by atoms with E-state index < -0.39 is 0 Å². The molecule has 1 amide bonds. The number of rotatable bonds is 7. The Balaban J connectivity index is 1.49. The molecule has 2 atom stereocenters. The molecule has 1 N–H and O–H groups in total. The number of carbonyl (C=O) groups is 1. The first-order valence-electron chi connectivity index (χ1n) is 10.7. The molecule has 8 heteroatoms. The Labute approximate surface area is 174 Å². The molecular formula is C21H29N5O2S. The maximum atomic E-state index is 12.8. The standard InChI is InChI=1S/C21H29N5O2S/c1-3-12-25-20(28)19-16(11-13-29-19)26-17(23-24-21(25)26)9-6-10-18(27)22-15-8-5-4-7-14(15)2/h11,13-15H,3-10,12H2,1-2H3,(H,22,27)/t14-,15-/m1/s1. The van der Waals surface area contributed by atoms with Crippen LogP contribution in [0.1, 0.15) is 64.6 Å². The van der Waals surface area contributed by atoms with Crippen LogP contribution in [0.5, 0.6) is 0 Å². The molecule has 3 heterocycles. The topological polar surface area (TPSA) is 81.3 Å². The average Bonchev–Trinajstić information content (AvgIpc) is 3.34. The summed E-state index contributed by atoms with van der Waals surface area (Å²) >= 11 is 1.46. The third kappa shape index (κ3) is 3.95. The molecule has 3 aromatic rings. The number of fused-ring (bicyclic) bond motifs is 3. The van der Waals surface area contributed by atoms with Crippen molar-refractivity contribution in [2.24, 2.45) is 5.92 Å². The van der Waals surface area contributed by atoms with Crippen LogP contribution in [0.4, 0.5) is 0 Å². The first kappa shape index (κ1) is 20.1. The molecule has 0 bridgehead atoms. The monoisotopic (exact) mass is 415 g/mol. The van der Waals surface area contributed by atoms with Crippen molar-refractivity contribution in [3.63, 3.8) is 0 Å². The van der Waals surface area contributed by atoms with Crippen LogP contribution in [0.2, 0.25) is 0 Å². The summed E-state index contributed by atoms with van der Waals surface area (Å²) in [6, 6.07) is 2.27. The molecule has 1 fully saturated rings. The Bertz CT molecular complexity index is 1070. The van der Waals surface area contributed by atoms with Crippen molar-refractivity contribution in [1.82, 2.24) is 24.5 Å². The van der Waals surface area contributed by atoms with Crippen LogP contribution in [-0.4, -0.2) is 31.1 Å². The number of hydrogen-bond donors (Lipinski definition) is 1. The highest BCUT2D eigenvalue weighted by Gasteiger charge is 2.23. The third-order valence-electron chi connectivity index (χ3n) is 5.99. The molecule has 0 radical (unpaired) electrons. The normalized spacial score (nSPS) is 19.8. The van der Waals surface area contributed by atoms with Gasteiger partial charge in [-0.05, 0) is 43.0 Å². The zero-order valence-electron chi connectivity index (χ0n) is 17.2. The third-order valence-corrected chi connectivity index (χ3v) is 6.88. The molecule has 1 aliphatic carbocycles. The van der Waals surface area contributed by atoms with Gasteiger partial charge in [-0.1, -0.05) is 26.7 Å². The number of amides is 1. The van der Waals surface area contributed by atoms with Crippen LogP contribution in [0.25, 0.3) is 16.0 Å². The molecule has 1 saturated carbocycles. The Hall–Kier alpha value is -2.22. The summed E-state index contributed by atoms with van der Waals surface area (Å²) in [4.78, 5) is 25.2. The Morgan fingerprint density at radius 2 is 2.14 bits per heavy atom. The average molecular weight is 416 g/mol. The van der Waals surface area contributed by atoms with E-state index in [1.165, 1.54) is 30.6 Å². The Kier molecular flexibility index (Phi) is 5.99. The van der Waals surface area contributed by atoms with Crippen LogP contribution in [0, 0.1) is 5.92 Å². The predicted octanol–water partition coefficient (Wildman–Crippen LogP) is 3.53. The zero-order chi connectivity index (χ0) is 20.4. The largest absolute Gasteiger partial charge is 0.353 e. The Morgan fingerprint density at radius 3 is 2.93 bits per heavy atom. The minimum Gasteiger partial charge on any atom is -0.353 e. The van der Waals surface area contributed by atoms with Gasteiger partial charge in [0.05, 0.1) is 5.52 Å². The van der Waals surface area contributed by atoms with E-state index in [4.69, 9.17) is 0 Å². The number of thiophene rings is 1. The lowest BCUT2D eigenvalue weighted by atomic mass is 9.86. The van der Waals surface area contributed by atoms with Gasteiger partial charge in [0, 0.05) is 25.4 Å². The van der Waals surface area contributed by atoms with Crippen molar-refractivity contribution >= 4 is 33.2 Å². The van der Waals surface area contributed by atoms with Crippen LogP contribution in [-0.2, 0) is 17.8 Å². The number of hydrogen-bond acceptors (Lipinski definition) is 5. The van der Waals surface area contributed by atoms with E-state index in [0.717, 1.165) is 28.9 Å². The van der Waals surface area contributed by atoms with Crippen LogP contribution >= 0.6 is 11.3 Å². The zero-order valence-corrected chi connectivity index (χ0v) is 18.0. The SMILES string of the molecule is CCCn1c(=O)c2sccc2n2c(CCCC(=O)N[C@@H]3CCCC[C@H]3C)nnc12. The van der Waals surface area contributed by atoms with Crippen molar-refractivity contribution < 1.29 is 4.79 Å². The van der Waals surface area contributed by atoms with Gasteiger partial charge in [0.15, 0.2) is 0 Å². The van der Waals surface area contributed by atoms with Gasteiger partial charge in [-0.15, -0.1) is 21.5 Å². The number of aromatic nitrogens is 4. The van der Waals surface area contributed by atoms with E-state index in [0.29, 0.717) is 43.5 Å². The van der Waals surface area contributed by atoms with E-state index in [1.807, 2.05) is 22.8 Å². The summed E-state index contributed by atoms with van der Waals surface area (Å²) in [6.45, 7) is 4.90. The van der Waals surface area contributed by atoms with Gasteiger partial charge in [-0.25, -0.2) is 0 Å². The van der Waals surface area contributed by atoms with Gasteiger partial charge >= 0.3 is 0 Å².